The standard InChI is InChI=1S/C20H16FN5O2S2/c1-12(27)22-10-13-6-7-18(30-13)16-11-29-20(23-16)24-19(28)15-8-9-26(25-15)17-5-3-2-4-14(17)21/h2-9,11H,10H2,1H3,(H,22,27)(H,23,24,28). The lowest BCUT2D eigenvalue weighted by atomic mass is 10.3. The summed E-state index contributed by atoms with van der Waals surface area (Å²) in [5.74, 6) is -0.935. The molecule has 3 aromatic heterocycles. The van der Waals surface area contributed by atoms with Crippen molar-refractivity contribution in [2.24, 2.45) is 0 Å². The predicted octanol–water partition coefficient (Wildman–Crippen LogP) is 4.08. The molecule has 1 aromatic carbocycles. The Bertz CT molecular complexity index is 1210. The summed E-state index contributed by atoms with van der Waals surface area (Å²) >= 11 is 2.82. The highest BCUT2D eigenvalue weighted by atomic mass is 32.1. The molecular formula is C20H16FN5O2S2. The molecule has 30 heavy (non-hydrogen) atoms. The van der Waals surface area contributed by atoms with Crippen LogP contribution in [-0.4, -0.2) is 26.6 Å². The Morgan fingerprint density at radius 3 is 2.80 bits per heavy atom. The summed E-state index contributed by atoms with van der Waals surface area (Å²) in [6, 6.07) is 11.6. The number of benzene rings is 1. The number of hydrogen-bond donors (Lipinski definition) is 2. The fourth-order valence-electron chi connectivity index (χ4n) is 2.64. The van der Waals surface area contributed by atoms with Gasteiger partial charge in [0, 0.05) is 23.4 Å². The maximum Gasteiger partial charge on any atom is 0.277 e. The van der Waals surface area contributed by atoms with Crippen LogP contribution in [0, 0.1) is 5.82 Å². The first-order valence-corrected chi connectivity index (χ1v) is 10.6. The number of rotatable bonds is 6. The van der Waals surface area contributed by atoms with Crippen LogP contribution in [0.1, 0.15) is 22.3 Å². The quantitative estimate of drug-likeness (QED) is 0.472. The Labute approximate surface area is 179 Å². The normalized spacial score (nSPS) is 10.7. The molecule has 0 bridgehead atoms. The van der Waals surface area contributed by atoms with Crippen LogP contribution in [0.2, 0.25) is 0 Å². The molecule has 0 aliphatic heterocycles. The van der Waals surface area contributed by atoms with E-state index in [1.807, 2.05) is 17.5 Å². The maximum atomic E-state index is 13.9. The number of nitrogens with zero attached hydrogens (tertiary/aromatic N) is 3. The molecule has 0 aliphatic rings. The van der Waals surface area contributed by atoms with Crippen molar-refractivity contribution >= 4 is 39.6 Å². The number of halogens is 1. The summed E-state index contributed by atoms with van der Waals surface area (Å²) in [5.41, 5.74) is 1.16. The van der Waals surface area contributed by atoms with Gasteiger partial charge in [0.05, 0.1) is 17.1 Å². The SMILES string of the molecule is CC(=O)NCc1ccc(-c2csc(NC(=O)c3ccn(-c4ccccc4F)n3)n2)s1. The monoisotopic (exact) mass is 441 g/mol. The highest BCUT2D eigenvalue weighted by Gasteiger charge is 2.15. The van der Waals surface area contributed by atoms with Crippen molar-refractivity contribution in [3.05, 3.63) is 70.4 Å². The maximum absolute atomic E-state index is 13.9. The van der Waals surface area contributed by atoms with Gasteiger partial charge in [-0.25, -0.2) is 14.1 Å². The number of amides is 2. The Morgan fingerprint density at radius 1 is 1.17 bits per heavy atom. The second-order valence-corrected chi connectivity index (χ2v) is 8.29. The Kier molecular flexibility index (Phi) is 5.68. The lowest BCUT2D eigenvalue weighted by Gasteiger charge is -2.02. The fourth-order valence-corrected chi connectivity index (χ4v) is 4.33. The van der Waals surface area contributed by atoms with E-state index >= 15 is 0 Å². The molecule has 0 saturated heterocycles. The molecule has 4 rings (SSSR count). The van der Waals surface area contributed by atoms with Gasteiger partial charge in [0.25, 0.3) is 5.91 Å². The number of anilines is 1. The molecule has 152 valence electrons. The van der Waals surface area contributed by atoms with Crippen molar-refractivity contribution in [1.29, 1.82) is 0 Å². The topological polar surface area (TPSA) is 88.9 Å². The van der Waals surface area contributed by atoms with Gasteiger partial charge in [0.1, 0.15) is 11.5 Å². The van der Waals surface area contributed by atoms with Gasteiger partial charge in [0.15, 0.2) is 10.8 Å². The number of para-hydroxylation sites is 1. The van der Waals surface area contributed by atoms with E-state index in [1.54, 1.807) is 18.2 Å². The first kappa shape index (κ1) is 19.9. The van der Waals surface area contributed by atoms with Gasteiger partial charge in [-0.15, -0.1) is 22.7 Å². The molecule has 0 aliphatic carbocycles. The lowest BCUT2D eigenvalue weighted by Crippen LogP contribution is -2.17. The average molecular weight is 442 g/mol. The predicted molar refractivity (Wildman–Crippen MR) is 114 cm³/mol. The Balaban J connectivity index is 1.43. The highest BCUT2D eigenvalue weighted by Crippen LogP contribution is 2.31. The molecule has 7 nitrogen and oxygen atoms in total. The third kappa shape index (κ3) is 4.44. The van der Waals surface area contributed by atoms with E-state index in [9.17, 15) is 14.0 Å². The van der Waals surface area contributed by atoms with E-state index < -0.39 is 11.7 Å². The largest absolute Gasteiger partial charge is 0.351 e. The Hall–Kier alpha value is -3.37. The van der Waals surface area contributed by atoms with Crippen molar-refractivity contribution in [2.75, 3.05) is 5.32 Å². The number of thiazole rings is 1. The number of carbonyl (C=O) groups excluding carboxylic acids is 2. The minimum Gasteiger partial charge on any atom is -0.351 e. The molecule has 0 radical (unpaired) electrons. The van der Waals surface area contributed by atoms with Crippen LogP contribution in [0.4, 0.5) is 9.52 Å². The van der Waals surface area contributed by atoms with Crippen LogP contribution in [0.5, 0.6) is 0 Å². The second kappa shape index (κ2) is 8.56. The van der Waals surface area contributed by atoms with E-state index in [0.29, 0.717) is 11.7 Å². The van der Waals surface area contributed by atoms with Crippen molar-refractivity contribution in [3.8, 4) is 16.3 Å². The van der Waals surface area contributed by atoms with Crippen molar-refractivity contribution in [3.63, 3.8) is 0 Å². The average Bonchev–Trinajstić information content (AvgIpc) is 3.47. The van der Waals surface area contributed by atoms with Gasteiger partial charge in [-0.05, 0) is 30.3 Å². The van der Waals surface area contributed by atoms with Gasteiger partial charge in [-0.1, -0.05) is 12.1 Å². The zero-order valence-electron chi connectivity index (χ0n) is 15.8. The molecule has 0 unspecified atom stereocenters. The smallest absolute Gasteiger partial charge is 0.277 e. The van der Waals surface area contributed by atoms with Gasteiger partial charge >= 0.3 is 0 Å². The van der Waals surface area contributed by atoms with Crippen molar-refractivity contribution < 1.29 is 14.0 Å². The van der Waals surface area contributed by atoms with E-state index in [-0.39, 0.29) is 17.3 Å². The molecular weight excluding hydrogens is 425 g/mol. The number of carbonyl (C=O) groups is 2. The molecule has 0 saturated carbocycles. The molecule has 10 heteroatoms. The fraction of sp³-hybridized carbons (Fsp3) is 0.100. The second-order valence-electron chi connectivity index (χ2n) is 6.26. The molecule has 4 aromatic rings. The van der Waals surface area contributed by atoms with Crippen LogP contribution in [-0.2, 0) is 11.3 Å². The number of aromatic nitrogens is 3. The van der Waals surface area contributed by atoms with Gasteiger partial charge in [0.2, 0.25) is 5.91 Å². The van der Waals surface area contributed by atoms with E-state index in [4.69, 9.17) is 0 Å². The molecule has 2 N–H and O–H groups in total. The van der Waals surface area contributed by atoms with E-state index in [0.717, 1.165) is 15.4 Å². The van der Waals surface area contributed by atoms with Crippen LogP contribution in [0.25, 0.3) is 16.3 Å². The Morgan fingerprint density at radius 2 is 2.00 bits per heavy atom. The molecule has 0 atom stereocenters. The van der Waals surface area contributed by atoms with Crippen molar-refractivity contribution in [1.82, 2.24) is 20.1 Å². The number of nitrogens with one attached hydrogen (secondary N) is 2. The summed E-state index contributed by atoms with van der Waals surface area (Å²) in [7, 11) is 0. The number of hydrogen-bond acceptors (Lipinski definition) is 6. The molecule has 0 spiro atoms. The van der Waals surface area contributed by atoms with Crippen molar-refractivity contribution in [2.45, 2.75) is 13.5 Å². The highest BCUT2D eigenvalue weighted by molar-refractivity contribution is 7.17. The van der Waals surface area contributed by atoms with Gasteiger partial charge < -0.3 is 5.32 Å². The zero-order chi connectivity index (χ0) is 21.1. The lowest BCUT2D eigenvalue weighted by molar-refractivity contribution is -0.119. The minimum absolute atomic E-state index is 0.0824. The van der Waals surface area contributed by atoms with Crippen LogP contribution in [0.3, 0.4) is 0 Å². The zero-order valence-corrected chi connectivity index (χ0v) is 17.4. The van der Waals surface area contributed by atoms with Gasteiger partial charge in [-0.3, -0.25) is 14.9 Å². The summed E-state index contributed by atoms with van der Waals surface area (Å²) in [5, 5.41) is 11.9. The van der Waals surface area contributed by atoms with E-state index in [1.165, 1.54) is 52.6 Å². The first-order chi connectivity index (χ1) is 14.5. The van der Waals surface area contributed by atoms with E-state index in [2.05, 4.69) is 20.7 Å². The summed E-state index contributed by atoms with van der Waals surface area (Å²) in [6.45, 7) is 1.95. The summed E-state index contributed by atoms with van der Waals surface area (Å²) in [4.78, 5) is 29.9. The summed E-state index contributed by atoms with van der Waals surface area (Å²) in [6.07, 6.45) is 1.53. The minimum atomic E-state index is -0.427. The first-order valence-electron chi connectivity index (χ1n) is 8.90. The number of thiophene rings is 1. The van der Waals surface area contributed by atoms with Crippen LogP contribution >= 0.6 is 22.7 Å². The van der Waals surface area contributed by atoms with Crippen LogP contribution < -0.4 is 10.6 Å². The third-order valence-electron chi connectivity index (χ3n) is 4.07. The summed E-state index contributed by atoms with van der Waals surface area (Å²) < 4.78 is 15.2. The molecule has 3 heterocycles. The van der Waals surface area contributed by atoms with Gasteiger partial charge in [-0.2, -0.15) is 5.10 Å². The third-order valence-corrected chi connectivity index (χ3v) is 5.94. The van der Waals surface area contributed by atoms with Crippen LogP contribution in [0.15, 0.2) is 54.0 Å². The molecule has 2 amide bonds. The molecule has 0 fully saturated rings.